The van der Waals surface area contributed by atoms with Crippen molar-refractivity contribution < 1.29 is 9.47 Å². The molecule has 0 aromatic rings. The van der Waals surface area contributed by atoms with Gasteiger partial charge in [0.15, 0.2) is 0 Å². The lowest BCUT2D eigenvalue weighted by atomic mass is 10.1. The third kappa shape index (κ3) is 4.31. The molecule has 13 heavy (non-hydrogen) atoms. The highest BCUT2D eigenvalue weighted by molar-refractivity contribution is 4.86. The van der Waals surface area contributed by atoms with Crippen molar-refractivity contribution >= 4 is 0 Å². The molecule has 2 nitrogen and oxygen atoms in total. The highest BCUT2D eigenvalue weighted by atomic mass is 16.6. The summed E-state index contributed by atoms with van der Waals surface area (Å²) in [5.74, 6) is 2.49. The second kappa shape index (κ2) is 6.01. The zero-order valence-corrected chi connectivity index (χ0v) is 8.29. The van der Waals surface area contributed by atoms with E-state index in [1.165, 1.54) is 19.3 Å². The molecule has 0 aliphatic carbocycles. The second-order valence-electron chi connectivity index (χ2n) is 3.42. The normalized spacial score (nSPS) is 22.3. The highest BCUT2D eigenvalue weighted by Gasteiger charge is 2.32. The summed E-state index contributed by atoms with van der Waals surface area (Å²) in [6, 6.07) is 0. The lowest BCUT2D eigenvalue weighted by Gasteiger charge is -2.13. The van der Waals surface area contributed by atoms with E-state index in [0.717, 1.165) is 13.0 Å². The van der Waals surface area contributed by atoms with Gasteiger partial charge in [-0.05, 0) is 6.42 Å². The fraction of sp³-hybridized carbons (Fsp3) is 0.818. The van der Waals surface area contributed by atoms with Gasteiger partial charge in [0.2, 0.25) is 0 Å². The Kier molecular flexibility index (Phi) is 4.88. The summed E-state index contributed by atoms with van der Waals surface area (Å²) in [6.45, 7) is 3.46. The maximum Gasteiger partial charge on any atom is 0.107 e. The second-order valence-corrected chi connectivity index (χ2v) is 3.42. The topological polar surface area (TPSA) is 21.8 Å². The van der Waals surface area contributed by atoms with Crippen molar-refractivity contribution in [1.82, 2.24) is 0 Å². The Morgan fingerprint density at radius 1 is 1.62 bits per heavy atom. The average molecular weight is 182 g/mol. The van der Waals surface area contributed by atoms with Gasteiger partial charge < -0.3 is 9.47 Å². The molecule has 0 radical (unpaired) electrons. The predicted octanol–water partition coefficient (Wildman–Crippen LogP) is 1.98. The minimum absolute atomic E-state index is 0.239. The van der Waals surface area contributed by atoms with E-state index in [4.69, 9.17) is 15.9 Å². The van der Waals surface area contributed by atoms with Gasteiger partial charge in [0.25, 0.3) is 0 Å². The van der Waals surface area contributed by atoms with Crippen LogP contribution in [0.2, 0.25) is 0 Å². The summed E-state index contributed by atoms with van der Waals surface area (Å²) >= 11 is 0. The molecular formula is C11H18O2. The number of hydrogen-bond donors (Lipinski definition) is 0. The van der Waals surface area contributed by atoms with Crippen molar-refractivity contribution in [1.29, 1.82) is 0 Å². The van der Waals surface area contributed by atoms with Crippen LogP contribution in [0.15, 0.2) is 0 Å². The zero-order valence-electron chi connectivity index (χ0n) is 8.29. The molecule has 0 N–H and O–H groups in total. The van der Waals surface area contributed by atoms with Crippen molar-refractivity contribution in [2.45, 2.75) is 44.8 Å². The van der Waals surface area contributed by atoms with Crippen molar-refractivity contribution in [3.63, 3.8) is 0 Å². The van der Waals surface area contributed by atoms with Gasteiger partial charge in [-0.15, -0.1) is 6.42 Å². The summed E-state index contributed by atoms with van der Waals surface area (Å²) in [4.78, 5) is 0. The van der Waals surface area contributed by atoms with Crippen molar-refractivity contribution in [3.05, 3.63) is 0 Å². The van der Waals surface area contributed by atoms with Crippen molar-refractivity contribution in [2.24, 2.45) is 0 Å². The van der Waals surface area contributed by atoms with E-state index in [9.17, 15) is 0 Å². The first-order valence-corrected chi connectivity index (χ1v) is 5.05. The molecule has 0 amide bonds. The van der Waals surface area contributed by atoms with Gasteiger partial charge in [0, 0.05) is 0 Å². The molecule has 1 fully saturated rings. The molecule has 0 aromatic heterocycles. The molecule has 2 atom stereocenters. The van der Waals surface area contributed by atoms with Crippen LogP contribution in [0.4, 0.5) is 0 Å². The van der Waals surface area contributed by atoms with Crippen LogP contribution in [0.3, 0.4) is 0 Å². The molecule has 0 saturated carbocycles. The number of terminal acetylenes is 1. The molecular weight excluding hydrogens is 164 g/mol. The van der Waals surface area contributed by atoms with Gasteiger partial charge in [0.05, 0.1) is 12.7 Å². The maximum atomic E-state index is 5.50. The summed E-state index contributed by atoms with van der Waals surface area (Å²) in [7, 11) is 0. The molecule has 0 spiro atoms. The molecule has 1 aliphatic heterocycles. The van der Waals surface area contributed by atoms with E-state index in [2.05, 4.69) is 12.8 Å². The molecule has 74 valence electrons. The summed E-state index contributed by atoms with van der Waals surface area (Å²) in [6.07, 6.45) is 10.5. The largest absolute Gasteiger partial charge is 0.370 e. The Balaban J connectivity index is 2.10. The van der Waals surface area contributed by atoms with Crippen LogP contribution in [0, 0.1) is 12.3 Å². The number of hydrogen-bond acceptors (Lipinski definition) is 2. The van der Waals surface area contributed by atoms with Crippen LogP contribution in [0.25, 0.3) is 0 Å². The minimum Gasteiger partial charge on any atom is -0.370 e. The minimum atomic E-state index is 0.239. The van der Waals surface area contributed by atoms with E-state index >= 15 is 0 Å². The van der Waals surface area contributed by atoms with Gasteiger partial charge >= 0.3 is 0 Å². The van der Waals surface area contributed by atoms with Crippen LogP contribution >= 0.6 is 0 Å². The Morgan fingerprint density at radius 2 is 2.38 bits per heavy atom. The highest BCUT2D eigenvalue weighted by Crippen LogP contribution is 2.21. The van der Waals surface area contributed by atoms with E-state index < -0.39 is 0 Å². The van der Waals surface area contributed by atoms with Crippen LogP contribution in [0.5, 0.6) is 0 Å². The summed E-state index contributed by atoms with van der Waals surface area (Å²) < 4.78 is 10.7. The average Bonchev–Trinajstić information content (AvgIpc) is 2.94. The predicted molar refractivity (Wildman–Crippen MR) is 52.5 cm³/mol. The van der Waals surface area contributed by atoms with Crippen LogP contribution in [0.1, 0.15) is 32.6 Å². The van der Waals surface area contributed by atoms with Gasteiger partial charge in [-0.1, -0.05) is 32.1 Å². The number of rotatable bonds is 7. The van der Waals surface area contributed by atoms with Crippen LogP contribution in [-0.4, -0.2) is 25.4 Å². The molecule has 1 rings (SSSR count). The quantitative estimate of drug-likeness (QED) is 0.341. The van der Waals surface area contributed by atoms with Gasteiger partial charge in [-0.25, -0.2) is 0 Å². The van der Waals surface area contributed by atoms with E-state index in [-0.39, 0.29) is 6.10 Å². The molecule has 0 bridgehead atoms. The van der Waals surface area contributed by atoms with E-state index in [1.54, 1.807) is 0 Å². The molecule has 0 aromatic carbocycles. The number of unbranched alkanes of at least 4 members (excludes halogenated alkanes) is 2. The van der Waals surface area contributed by atoms with Gasteiger partial charge in [0.1, 0.15) is 12.7 Å². The smallest absolute Gasteiger partial charge is 0.107 e. The van der Waals surface area contributed by atoms with Crippen LogP contribution in [-0.2, 0) is 9.47 Å². The lowest BCUT2D eigenvalue weighted by Crippen LogP contribution is -2.20. The third-order valence-electron chi connectivity index (χ3n) is 2.25. The summed E-state index contributed by atoms with van der Waals surface area (Å²) in [5.41, 5.74) is 0. The van der Waals surface area contributed by atoms with Crippen molar-refractivity contribution in [2.75, 3.05) is 13.2 Å². The summed E-state index contributed by atoms with van der Waals surface area (Å²) in [5, 5.41) is 0. The fourth-order valence-electron chi connectivity index (χ4n) is 1.40. The Labute approximate surface area is 80.6 Å². The Morgan fingerprint density at radius 3 is 2.92 bits per heavy atom. The first kappa shape index (κ1) is 10.6. The zero-order chi connectivity index (χ0) is 9.52. The number of epoxide rings is 1. The Hall–Kier alpha value is -0.520. The Bertz CT molecular complexity index is 167. The standard InChI is InChI=1S/C11H18O2/c1-3-5-6-7-10(11-9-13-11)12-8-4-2/h2,10-11H,3,5-9H2,1H3. The molecule has 2 heteroatoms. The monoisotopic (exact) mass is 182 g/mol. The van der Waals surface area contributed by atoms with E-state index in [1.807, 2.05) is 0 Å². The first-order chi connectivity index (χ1) is 6.38. The van der Waals surface area contributed by atoms with Gasteiger partial charge in [-0.3, -0.25) is 0 Å². The molecule has 1 heterocycles. The first-order valence-electron chi connectivity index (χ1n) is 5.05. The fourth-order valence-corrected chi connectivity index (χ4v) is 1.40. The van der Waals surface area contributed by atoms with Crippen LogP contribution < -0.4 is 0 Å². The maximum absolute atomic E-state index is 5.50. The lowest BCUT2D eigenvalue weighted by molar-refractivity contribution is 0.0469. The molecule has 1 saturated heterocycles. The molecule has 1 aliphatic rings. The van der Waals surface area contributed by atoms with E-state index in [0.29, 0.717) is 12.7 Å². The van der Waals surface area contributed by atoms with Crippen molar-refractivity contribution in [3.8, 4) is 12.3 Å². The number of ether oxygens (including phenoxy) is 2. The third-order valence-corrected chi connectivity index (χ3v) is 2.25. The SMILES string of the molecule is C#CCOC(CCCCC)C1CO1. The molecule has 2 unspecified atom stereocenters. The van der Waals surface area contributed by atoms with Gasteiger partial charge in [-0.2, -0.15) is 0 Å².